The van der Waals surface area contributed by atoms with Crippen molar-refractivity contribution in [2.75, 3.05) is 0 Å². The quantitative estimate of drug-likeness (QED) is 0.627. The summed E-state index contributed by atoms with van der Waals surface area (Å²) in [5.41, 5.74) is 3.67. The smallest absolute Gasteiger partial charge is 0.115 e. The number of nitrogens with one attached hydrogen (secondary N) is 1. The Balaban J connectivity index is 3.08. The van der Waals surface area contributed by atoms with Gasteiger partial charge in [0.15, 0.2) is 0 Å². The van der Waals surface area contributed by atoms with E-state index in [2.05, 4.69) is 52.1 Å². The zero-order valence-corrected chi connectivity index (χ0v) is 10.2. The van der Waals surface area contributed by atoms with E-state index in [4.69, 9.17) is 5.84 Å². The molecule has 1 rings (SSSR count). The Hall–Kier alpha value is -0.520. The van der Waals surface area contributed by atoms with Crippen molar-refractivity contribution in [3.8, 4) is 0 Å². The summed E-state index contributed by atoms with van der Waals surface area (Å²) in [7, 11) is 0. The summed E-state index contributed by atoms with van der Waals surface area (Å²) in [5, 5.41) is 0. The first-order valence-corrected chi connectivity index (χ1v) is 5.17. The average Bonchev–Trinajstić information content (AvgIpc) is 2.07. The highest BCUT2D eigenvalue weighted by Crippen LogP contribution is 2.33. The second kappa shape index (κ2) is 4.33. The Labute approximate surface area is 92.4 Å². The van der Waals surface area contributed by atoms with Gasteiger partial charge in [-0.15, -0.1) is 0 Å². The summed E-state index contributed by atoms with van der Waals surface area (Å²) < 4.78 is 0.873. The Morgan fingerprint density at radius 2 is 2.14 bits per heavy atom. The summed E-state index contributed by atoms with van der Waals surface area (Å²) >= 11 is 3.41. The average molecular weight is 259 g/mol. The largest absolute Gasteiger partial charge is 0.271 e. The molecule has 0 saturated carbocycles. The van der Waals surface area contributed by atoms with Gasteiger partial charge in [-0.3, -0.25) is 11.3 Å². The second-order valence-corrected chi connectivity index (χ2v) is 5.08. The minimum absolute atomic E-state index is 0.000116. The van der Waals surface area contributed by atoms with E-state index >= 15 is 0 Å². The van der Waals surface area contributed by atoms with Crippen LogP contribution in [-0.4, -0.2) is 9.97 Å². The Kier molecular flexibility index (Phi) is 3.58. The van der Waals surface area contributed by atoms with Crippen molar-refractivity contribution in [2.24, 2.45) is 11.3 Å². The highest BCUT2D eigenvalue weighted by atomic mass is 79.9. The van der Waals surface area contributed by atoms with Gasteiger partial charge in [0.25, 0.3) is 0 Å². The summed E-state index contributed by atoms with van der Waals surface area (Å²) in [6.07, 6.45) is 3.24. The maximum absolute atomic E-state index is 5.53. The number of hydrogen-bond acceptors (Lipinski definition) is 4. The van der Waals surface area contributed by atoms with Crippen molar-refractivity contribution in [1.82, 2.24) is 15.4 Å². The number of nitrogens with zero attached hydrogens (tertiary/aromatic N) is 2. The van der Waals surface area contributed by atoms with Gasteiger partial charge in [-0.05, 0) is 21.3 Å². The molecule has 4 nitrogen and oxygen atoms in total. The van der Waals surface area contributed by atoms with Crippen LogP contribution in [0.1, 0.15) is 32.5 Å². The minimum atomic E-state index is -0.000116. The third-order valence-corrected chi connectivity index (χ3v) is 2.61. The Bertz CT molecular complexity index is 308. The van der Waals surface area contributed by atoms with Gasteiger partial charge >= 0.3 is 0 Å². The highest BCUT2D eigenvalue weighted by molar-refractivity contribution is 9.10. The van der Waals surface area contributed by atoms with Crippen LogP contribution in [0.5, 0.6) is 0 Å². The molecule has 0 spiro atoms. The fraction of sp³-hybridized carbons (Fsp3) is 0.556. The van der Waals surface area contributed by atoms with Gasteiger partial charge in [-0.2, -0.15) is 0 Å². The molecule has 0 amide bonds. The fourth-order valence-electron chi connectivity index (χ4n) is 1.27. The van der Waals surface area contributed by atoms with Crippen molar-refractivity contribution in [2.45, 2.75) is 26.8 Å². The summed E-state index contributed by atoms with van der Waals surface area (Å²) in [5.74, 6) is 5.53. The van der Waals surface area contributed by atoms with Crippen LogP contribution in [0.2, 0.25) is 0 Å². The van der Waals surface area contributed by atoms with Crippen molar-refractivity contribution < 1.29 is 0 Å². The van der Waals surface area contributed by atoms with E-state index in [0.717, 1.165) is 10.2 Å². The van der Waals surface area contributed by atoms with Gasteiger partial charge in [0.2, 0.25) is 0 Å². The van der Waals surface area contributed by atoms with E-state index in [1.165, 1.54) is 6.33 Å². The molecular formula is C9H15BrN4. The SMILES string of the molecule is CC(C)(C)C(NN)c1ncncc1Br. The first kappa shape index (κ1) is 11.6. The van der Waals surface area contributed by atoms with E-state index < -0.39 is 0 Å². The topological polar surface area (TPSA) is 63.8 Å². The summed E-state index contributed by atoms with van der Waals surface area (Å²) in [6.45, 7) is 6.31. The van der Waals surface area contributed by atoms with Crippen LogP contribution in [-0.2, 0) is 0 Å². The summed E-state index contributed by atoms with van der Waals surface area (Å²) in [4.78, 5) is 8.13. The molecule has 0 bridgehead atoms. The molecule has 78 valence electrons. The minimum Gasteiger partial charge on any atom is -0.271 e. The third-order valence-electron chi connectivity index (χ3n) is 2.00. The first-order valence-electron chi connectivity index (χ1n) is 4.38. The lowest BCUT2D eigenvalue weighted by Crippen LogP contribution is -2.37. The molecule has 5 heteroatoms. The molecule has 0 aliphatic carbocycles. The van der Waals surface area contributed by atoms with Gasteiger partial charge in [-0.25, -0.2) is 9.97 Å². The number of rotatable bonds is 2. The molecule has 3 N–H and O–H groups in total. The monoisotopic (exact) mass is 258 g/mol. The number of halogens is 1. The molecule has 0 saturated heterocycles. The first-order chi connectivity index (χ1) is 6.46. The van der Waals surface area contributed by atoms with E-state index in [1.807, 2.05) is 0 Å². The van der Waals surface area contributed by atoms with Crippen molar-refractivity contribution in [1.29, 1.82) is 0 Å². The lowest BCUT2D eigenvalue weighted by Gasteiger charge is -2.29. The predicted octanol–water partition coefficient (Wildman–Crippen LogP) is 1.79. The van der Waals surface area contributed by atoms with Crippen LogP contribution in [0.3, 0.4) is 0 Å². The second-order valence-electron chi connectivity index (χ2n) is 4.22. The van der Waals surface area contributed by atoms with Crippen LogP contribution in [0, 0.1) is 5.41 Å². The zero-order chi connectivity index (χ0) is 10.8. The maximum Gasteiger partial charge on any atom is 0.115 e. The van der Waals surface area contributed by atoms with Gasteiger partial charge < -0.3 is 0 Å². The molecular weight excluding hydrogens is 244 g/mol. The number of hydrazine groups is 1. The van der Waals surface area contributed by atoms with E-state index in [9.17, 15) is 0 Å². The maximum atomic E-state index is 5.53. The highest BCUT2D eigenvalue weighted by Gasteiger charge is 2.27. The Morgan fingerprint density at radius 3 is 2.57 bits per heavy atom. The van der Waals surface area contributed by atoms with Crippen molar-refractivity contribution in [3.63, 3.8) is 0 Å². The number of aromatic nitrogens is 2. The molecule has 1 aromatic rings. The normalized spacial score (nSPS) is 14.1. The van der Waals surface area contributed by atoms with Gasteiger partial charge in [0.05, 0.1) is 16.2 Å². The van der Waals surface area contributed by atoms with Crippen LogP contribution in [0.25, 0.3) is 0 Å². The van der Waals surface area contributed by atoms with Crippen LogP contribution >= 0.6 is 15.9 Å². The molecule has 1 atom stereocenters. The van der Waals surface area contributed by atoms with Gasteiger partial charge in [-0.1, -0.05) is 20.8 Å². The van der Waals surface area contributed by atoms with Crippen LogP contribution in [0.15, 0.2) is 17.0 Å². The Morgan fingerprint density at radius 1 is 1.50 bits per heavy atom. The number of nitrogens with two attached hydrogens (primary N) is 1. The number of hydrogen-bond donors (Lipinski definition) is 2. The molecule has 0 aromatic carbocycles. The third kappa shape index (κ3) is 2.50. The van der Waals surface area contributed by atoms with E-state index in [-0.39, 0.29) is 11.5 Å². The van der Waals surface area contributed by atoms with Crippen molar-refractivity contribution in [3.05, 3.63) is 22.7 Å². The lowest BCUT2D eigenvalue weighted by atomic mass is 9.85. The standard InChI is InChI=1S/C9H15BrN4/c1-9(2,3)8(14-11)7-6(10)4-12-5-13-7/h4-5,8,14H,11H2,1-3H3. The van der Waals surface area contributed by atoms with E-state index in [1.54, 1.807) is 6.20 Å². The summed E-state index contributed by atoms with van der Waals surface area (Å²) in [6, 6.07) is -0.000116. The van der Waals surface area contributed by atoms with E-state index in [0.29, 0.717) is 0 Å². The van der Waals surface area contributed by atoms with Crippen LogP contribution < -0.4 is 11.3 Å². The molecule has 0 aliphatic rings. The molecule has 1 unspecified atom stereocenters. The van der Waals surface area contributed by atoms with Crippen molar-refractivity contribution >= 4 is 15.9 Å². The molecule has 1 heterocycles. The molecule has 14 heavy (non-hydrogen) atoms. The molecule has 0 radical (unpaired) electrons. The zero-order valence-electron chi connectivity index (χ0n) is 8.58. The van der Waals surface area contributed by atoms with Crippen LogP contribution in [0.4, 0.5) is 0 Å². The predicted molar refractivity (Wildman–Crippen MR) is 59.3 cm³/mol. The van der Waals surface area contributed by atoms with Gasteiger partial charge in [0, 0.05) is 6.20 Å². The molecule has 1 aromatic heterocycles. The molecule has 0 aliphatic heterocycles. The van der Waals surface area contributed by atoms with Gasteiger partial charge in [0.1, 0.15) is 6.33 Å². The molecule has 0 fully saturated rings. The fourth-order valence-corrected chi connectivity index (χ4v) is 1.72. The lowest BCUT2D eigenvalue weighted by molar-refractivity contribution is 0.269.